The molecule has 0 aromatic heterocycles. The third-order valence-corrected chi connectivity index (χ3v) is 0. The molecule has 0 aliphatic carbocycles. The summed E-state index contributed by atoms with van der Waals surface area (Å²) < 4.78 is 33.1. The molecule has 0 aromatic carbocycles. The van der Waals surface area contributed by atoms with Crippen LogP contribution in [0.1, 0.15) is 0 Å². The third-order valence-electron chi connectivity index (χ3n) is 0. The van der Waals surface area contributed by atoms with Crippen LogP contribution in [0, 0.1) is 0 Å². The number of rotatable bonds is 0. The van der Waals surface area contributed by atoms with Gasteiger partial charge in [-0.05, 0) is 0 Å². The SMILES string of the molecule is [O]=[Mn](=[O])(=[O])[OH].[W]. The Morgan fingerprint density at radius 3 is 1.17 bits per heavy atom. The zero-order chi connectivity index (χ0) is 4.50. The van der Waals surface area contributed by atoms with E-state index in [-0.39, 0.29) is 21.1 Å². The fraction of sp³-hybridized carbons (Fsp3) is 0. The molecule has 4 nitrogen and oxygen atoms in total. The molecular weight excluding hydrogens is 303 g/mol. The van der Waals surface area contributed by atoms with Gasteiger partial charge in [0.1, 0.15) is 0 Å². The molecule has 0 saturated heterocycles. The summed E-state index contributed by atoms with van der Waals surface area (Å²) in [5.74, 6) is 0. The van der Waals surface area contributed by atoms with Gasteiger partial charge in [-0.3, -0.25) is 0 Å². The second-order valence-corrected chi connectivity index (χ2v) is 1.63. The van der Waals surface area contributed by atoms with E-state index >= 15 is 0 Å². The van der Waals surface area contributed by atoms with Crippen LogP contribution in [0.2, 0.25) is 0 Å². The maximum Gasteiger partial charge on any atom is 0 e. The quantitative estimate of drug-likeness (QED) is 0.588. The van der Waals surface area contributed by atoms with E-state index in [1.165, 1.54) is 0 Å². The first-order chi connectivity index (χ1) is 2.00. The molecule has 0 aliphatic rings. The van der Waals surface area contributed by atoms with Crippen LogP contribution in [-0.4, -0.2) is 4.19 Å². The Kier molecular flexibility index (Phi) is 4.38. The Balaban J connectivity index is 0. The largest absolute Gasteiger partial charge is 0 e. The van der Waals surface area contributed by atoms with Crippen LogP contribution < -0.4 is 0 Å². The van der Waals surface area contributed by atoms with Crippen molar-refractivity contribution in [1.82, 2.24) is 0 Å². The van der Waals surface area contributed by atoms with Gasteiger partial charge >= 0.3 is 28.7 Å². The molecule has 0 atom stereocenters. The topological polar surface area (TPSA) is 71.4 Å². The summed E-state index contributed by atoms with van der Waals surface area (Å²) in [6.45, 7) is 0. The molecule has 0 fully saturated rings. The van der Waals surface area contributed by atoms with E-state index in [0.717, 1.165) is 0 Å². The molecule has 0 radical (unpaired) electrons. The van der Waals surface area contributed by atoms with E-state index in [0.29, 0.717) is 0 Å². The van der Waals surface area contributed by atoms with Crippen molar-refractivity contribution in [3.8, 4) is 0 Å². The van der Waals surface area contributed by atoms with Crippen molar-refractivity contribution in [3.05, 3.63) is 0 Å². The zero-order valence-corrected chi connectivity index (χ0v) is 6.57. The molecule has 0 amide bonds. The molecule has 6 heavy (non-hydrogen) atoms. The summed E-state index contributed by atoms with van der Waals surface area (Å²) in [6, 6.07) is 0. The molecule has 0 unspecified atom stereocenters. The summed E-state index contributed by atoms with van der Waals surface area (Å²) in [4.78, 5) is 0. The molecule has 0 rings (SSSR count). The van der Waals surface area contributed by atoms with Crippen molar-refractivity contribution >= 4 is 0 Å². The van der Waals surface area contributed by atoms with Crippen molar-refractivity contribution in [3.63, 3.8) is 0 Å². The second kappa shape index (κ2) is 2.69. The van der Waals surface area contributed by atoms with Gasteiger partial charge in [0, 0.05) is 21.1 Å². The van der Waals surface area contributed by atoms with Crippen LogP contribution in [0.5, 0.6) is 0 Å². The first-order valence-corrected chi connectivity index (χ1v) is 2.61. The first kappa shape index (κ1) is 9.76. The standard InChI is InChI=1S/Mn.H2O.3O.W/h;1H2;;;;/q+1;;;;;/p-1. The van der Waals surface area contributed by atoms with Crippen LogP contribution in [0.4, 0.5) is 0 Å². The van der Waals surface area contributed by atoms with E-state index in [4.69, 9.17) is 15.7 Å². The molecule has 38 valence electrons. The predicted molar refractivity (Wildman–Crippen MR) is 4.28 cm³/mol. The van der Waals surface area contributed by atoms with Crippen LogP contribution in [0.3, 0.4) is 0 Å². The smallest absolute Gasteiger partial charge is 0 e. The minimum absolute atomic E-state index is 0. The summed E-state index contributed by atoms with van der Waals surface area (Å²) in [5, 5.41) is 0. The Labute approximate surface area is 50.0 Å². The van der Waals surface area contributed by atoms with Crippen LogP contribution in [0.15, 0.2) is 0 Å². The summed E-state index contributed by atoms with van der Waals surface area (Å²) >= 11 is -5.38. The molecule has 6 heteroatoms. The van der Waals surface area contributed by atoms with E-state index in [1.54, 1.807) is 0 Å². The Morgan fingerprint density at radius 2 is 1.17 bits per heavy atom. The molecule has 0 aliphatic heterocycles. The van der Waals surface area contributed by atoms with Gasteiger partial charge in [0.25, 0.3) is 0 Å². The van der Waals surface area contributed by atoms with Gasteiger partial charge < -0.3 is 0 Å². The minimum atomic E-state index is -5.38. The Morgan fingerprint density at radius 1 is 1.17 bits per heavy atom. The van der Waals surface area contributed by atoms with Crippen molar-refractivity contribution in [2.75, 3.05) is 0 Å². The molecule has 0 spiro atoms. The maximum absolute atomic E-state index is 8.69. The first-order valence-electron chi connectivity index (χ1n) is 0.632. The minimum Gasteiger partial charge on any atom is 0 e. The van der Waals surface area contributed by atoms with Gasteiger partial charge in [0.05, 0.1) is 0 Å². The van der Waals surface area contributed by atoms with Crippen molar-refractivity contribution in [2.45, 2.75) is 0 Å². The van der Waals surface area contributed by atoms with Gasteiger partial charge in [-0.15, -0.1) is 0 Å². The average molecular weight is 304 g/mol. The van der Waals surface area contributed by atoms with Gasteiger partial charge in [0.2, 0.25) is 0 Å². The van der Waals surface area contributed by atoms with Gasteiger partial charge in [-0.1, -0.05) is 0 Å². The van der Waals surface area contributed by atoms with E-state index in [2.05, 4.69) is 0 Å². The van der Waals surface area contributed by atoms with E-state index < -0.39 is 13.0 Å². The molecule has 0 bridgehead atoms. The van der Waals surface area contributed by atoms with Gasteiger partial charge in [-0.25, -0.2) is 0 Å². The van der Waals surface area contributed by atoms with E-state index in [9.17, 15) is 0 Å². The van der Waals surface area contributed by atoms with Crippen LogP contribution >= 0.6 is 0 Å². The summed E-state index contributed by atoms with van der Waals surface area (Å²) in [6.07, 6.45) is 0. The molecule has 0 saturated carbocycles. The van der Waals surface area contributed by atoms with Gasteiger partial charge in [-0.2, -0.15) is 0 Å². The van der Waals surface area contributed by atoms with Crippen molar-refractivity contribution in [1.29, 1.82) is 0 Å². The van der Waals surface area contributed by atoms with Crippen molar-refractivity contribution in [2.24, 2.45) is 0 Å². The molecule has 0 aromatic rings. The normalized spacial score (nSPS) is 9.50. The van der Waals surface area contributed by atoms with Gasteiger partial charge in [0.15, 0.2) is 0 Å². The Hall–Kier alpha value is 0.568. The second-order valence-electron chi connectivity index (χ2n) is 0.396. The zero-order valence-electron chi connectivity index (χ0n) is 2.46. The molecular formula is HMnO4W. The number of hydrogen-bond acceptors (Lipinski definition) is 3. The number of hydrogen-bond donors (Lipinski definition) is 1. The maximum atomic E-state index is 8.69. The fourth-order valence-electron chi connectivity index (χ4n) is 0. The average Bonchev–Trinajstić information content (AvgIpc) is 0.722. The monoisotopic (exact) mass is 304 g/mol. The van der Waals surface area contributed by atoms with Crippen molar-refractivity contribution < 1.29 is 49.7 Å². The van der Waals surface area contributed by atoms with Crippen LogP contribution in [-0.2, 0) is 45.5 Å². The fourth-order valence-corrected chi connectivity index (χ4v) is 0. The Bertz CT molecular complexity index is 129. The third kappa shape index (κ3) is 180. The van der Waals surface area contributed by atoms with E-state index in [1.807, 2.05) is 0 Å². The molecule has 1 N–H and O–H groups in total. The summed E-state index contributed by atoms with van der Waals surface area (Å²) in [5.41, 5.74) is 0. The van der Waals surface area contributed by atoms with Crippen LogP contribution in [0.25, 0.3) is 0 Å². The summed E-state index contributed by atoms with van der Waals surface area (Å²) in [7, 11) is 0. The molecule has 0 heterocycles. The predicted octanol–water partition coefficient (Wildman–Crippen LogP) is -0.918.